The zero-order valence-corrected chi connectivity index (χ0v) is 17.7. The Hall–Kier alpha value is -2.68. The topological polar surface area (TPSA) is 85.5 Å². The number of anilines is 1. The second-order valence-corrected chi connectivity index (χ2v) is 8.23. The summed E-state index contributed by atoms with van der Waals surface area (Å²) in [6.07, 6.45) is 8.35. The lowest BCUT2D eigenvalue weighted by Gasteiger charge is -2.29. The molecule has 148 valence electrons. The summed E-state index contributed by atoms with van der Waals surface area (Å²) in [5.41, 5.74) is 1.49. The number of imidazole rings is 1. The van der Waals surface area contributed by atoms with Crippen LogP contribution in [0.5, 0.6) is 0 Å². The second kappa shape index (κ2) is 7.75. The van der Waals surface area contributed by atoms with Gasteiger partial charge in [0.25, 0.3) is 0 Å². The van der Waals surface area contributed by atoms with Gasteiger partial charge in [0.05, 0.1) is 17.6 Å². The molecule has 1 amide bonds. The minimum absolute atomic E-state index is 0.157. The van der Waals surface area contributed by atoms with Gasteiger partial charge in [-0.15, -0.1) is 0 Å². The van der Waals surface area contributed by atoms with Gasteiger partial charge in [0.2, 0.25) is 0 Å². The van der Waals surface area contributed by atoms with Gasteiger partial charge >= 0.3 is 6.09 Å². The van der Waals surface area contributed by atoms with E-state index >= 15 is 0 Å². The molecular weight excluding hydrogens is 376 g/mol. The van der Waals surface area contributed by atoms with E-state index in [0.29, 0.717) is 16.6 Å². The van der Waals surface area contributed by atoms with Gasteiger partial charge < -0.3 is 4.74 Å². The summed E-state index contributed by atoms with van der Waals surface area (Å²) in [5, 5.41) is 0.680. The number of hydrogen-bond donors (Lipinski definition) is 0. The van der Waals surface area contributed by atoms with E-state index in [9.17, 15) is 4.79 Å². The molecule has 9 heteroatoms. The molecule has 3 rings (SSSR count). The Morgan fingerprint density at radius 1 is 1.21 bits per heavy atom. The largest absolute Gasteiger partial charge is 0.443 e. The first-order valence-corrected chi connectivity index (χ1v) is 10.2. The highest BCUT2D eigenvalue weighted by atomic mass is 32.2. The molecule has 0 aliphatic heterocycles. The van der Waals surface area contributed by atoms with Crippen molar-refractivity contribution >= 4 is 29.3 Å². The fourth-order valence-electron chi connectivity index (χ4n) is 2.70. The first-order chi connectivity index (χ1) is 13.2. The smallest absolute Gasteiger partial charge is 0.416 e. The molecule has 0 saturated carbocycles. The van der Waals surface area contributed by atoms with E-state index in [-0.39, 0.29) is 6.04 Å². The summed E-state index contributed by atoms with van der Waals surface area (Å²) in [6, 6.07) is 1.67. The van der Waals surface area contributed by atoms with Crippen molar-refractivity contribution in [2.24, 2.45) is 0 Å². The standard InChI is InChI=1S/C19H24N6O2S/c1-12(2)25(18(26)27-19(3,4)5)16-15-22-11-14(24(15)10-9-20-16)13-7-8-21-17(23-13)28-6/h7-12H,1-6H3. The molecule has 28 heavy (non-hydrogen) atoms. The van der Waals surface area contributed by atoms with Gasteiger partial charge in [0.1, 0.15) is 5.60 Å². The zero-order chi connectivity index (χ0) is 20.5. The second-order valence-electron chi connectivity index (χ2n) is 7.46. The number of fused-ring (bicyclic) bond motifs is 1. The molecule has 0 aromatic carbocycles. The van der Waals surface area contributed by atoms with E-state index in [0.717, 1.165) is 11.4 Å². The van der Waals surface area contributed by atoms with Crippen LogP contribution >= 0.6 is 11.8 Å². The number of hydrogen-bond acceptors (Lipinski definition) is 7. The molecule has 8 nitrogen and oxygen atoms in total. The highest BCUT2D eigenvalue weighted by Crippen LogP contribution is 2.27. The molecule has 0 radical (unpaired) electrons. The molecule has 0 saturated heterocycles. The van der Waals surface area contributed by atoms with Crippen LogP contribution in [0.2, 0.25) is 0 Å². The van der Waals surface area contributed by atoms with Crippen LogP contribution in [0.15, 0.2) is 36.0 Å². The van der Waals surface area contributed by atoms with Gasteiger partial charge in [0.15, 0.2) is 16.6 Å². The Balaban J connectivity index is 2.09. The van der Waals surface area contributed by atoms with Crippen LogP contribution in [0.3, 0.4) is 0 Å². The number of carbonyl (C=O) groups is 1. The average Bonchev–Trinajstić information content (AvgIpc) is 3.05. The lowest BCUT2D eigenvalue weighted by Crippen LogP contribution is -2.41. The Morgan fingerprint density at radius 2 is 1.96 bits per heavy atom. The number of ether oxygens (including phenoxy) is 1. The average molecular weight is 401 g/mol. The fraction of sp³-hybridized carbons (Fsp3) is 0.421. The lowest BCUT2D eigenvalue weighted by molar-refractivity contribution is 0.0569. The molecule has 0 bridgehead atoms. The molecule has 0 unspecified atom stereocenters. The summed E-state index contributed by atoms with van der Waals surface area (Å²) in [6.45, 7) is 9.33. The van der Waals surface area contributed by atoms with Crippen LogP contribution in [0, 0.1) is 0 Å². The molecule has 0 aliphatic rings. The van der Waals surface area contributed by atoms with Crippen molar-refractivity contribution in [3.63, 3.8) is 0 Å². The van der Waals surface area contributed by atoms with Crippen LogP contribution in [0.25, 0.3) is 17.0 Å². The van der Waals surface area contributed by atoms with Crippen molar-refractivity contribution in [1.29, 1.82) is 0 Å². The van der Waals surface area contributed by atoms with Crippen molar-refractivity contribution < 1.29 is 9.53 Å². The van der Waals surface area contributed by atoms with Gasteiger partial charge in [-0.1, -0.05) is 11.8 Å². The minimum Gasteiger partial charge on any atom is -0.443 e. The molecule has 3 aromatic rings. The Kier molecular flexibility index (Phi) is 5.55. The minimum atomic E-state index is -0.606. The molecule has 3 aromatic heterocycles. The quantitative estimate of drug-likeness (QED) is 0.482. The summed E-state index contributed by atoms with van der Waals surface area (Å²) < 4.78 is 7.44. The molecule has 0 N–H and O–H groups in total. The Bertz CT molecular complexity index is 995. The highest BCUT2D eigenvalue weighted by molar-refractivity contribution is 7.98. The first-order valence-electron chi connectivity index (χ1n) is 8.93. The molecule has 0 aliphatic carbocycles. The number of rotatable bonds is 4. The number of carbonyl (C=O) groups excluding carboxylic acids is 1. The van der Waals surface area contributed by atoms with E-state index in [2.05, 4.69) is 19.9 Å². The fourth-order valence-corrected chi connectivity index (χ4v) is 3.06. The number of thioether (sulfide) groups is 1. The first kappa shape index (κ1) is 20.1. The van der Waals surface area contributed by atoms with Crippen LogP contribution < -0.4 is 4.90 Å². The highest BCUT2D eigenvalue weighted by Gasteiger charge is 2.29. The van der Waals surface area contributed by atoms with E-state index in [1.807, 2.05) is 51.3 Å². The van der Waals surface area contributed by atoms with Crippen LogP contribution in [0.1, 0.15) is 34.6 Å². The molecule has 0 atom stereocenters. The van der Waals surface area contributed by atoms with Crippen LogP contribution in [-0.4, -0.2) is 48.3 Å². The van der Waals surface area contributed by atoms with Gasteiger partial charge in [-0.05, 0) is 46.9 Å². The SMILES string of the molecule is CSc1nccc(-c2cnc3c(N(C(=O)OC(C)(C)C)C(C)C)nccn23)n1. The van der Waals surface area contributed by atoms with Crippen molar-refractivity contribution in [3.8, 4) is 11.4 Å². The maximum absolute atomic E-state index is 12.8. The summed E-state index contributed by atoms with van der Waals surface area (Å²) >= 11 is 1.47. The van der Waals surface area contributed by atoms with E-state index in [1.54, 1.807) is 24.8 Å². The third kappa shape index (κ3) is 4.09. The maximum atomic E-state index is 12.8. The number of aromatic nitrogens is 5. The van der Waals surface area contributed by atoms with E-state index in [1.165, 1.54) is 16.7 Å². The zero-order valence-electron chi connectivity index (χ0n) is 16.9. The van der Waals surface area contributed by atoms with E-state index < -0.39 is 11.7 Å². The normalized spacial score (nSPS) is 11.8. The van der Waals surface area contributed by atoms with Gasteiger partial charge in [-0.3, -0.25) is 9.30 Å². The molecule has 3 heterocycles. The lowest BCUT2D eigenvalue weighted by atomic mass is 10.2. The number of nitrogens with zero attached hydrogens (tertiary/aromatic N) is 6. The summed E-state index contributed by atoms with van der Waals surface area (Å²) in [4.78, 5) is 32.0. The van der Waals surface area contributed by atoms with E-state index in [4.69, 9.17) is 4.74 Å². The summed E-state index contributed by atoms with van der Waals surface area (Å²) in [5.74, 6) is 0.442. The van der Waals surface area contributed by atoms with Gasteiger partial charge in [-0.25, -0.2) is 24.7 Å². The van der Waals surface area contributed by atoms with Gasteiger partial charge in [0, 0.05) is 24.6 Å². The number of amides is 1. The third-order valence-corrected chi connectivity index (χ3v) is 4.38. The van der Waals surface area contributed by atoms with Crippen LogP contribution in [-0.2, 0) is 4.74 Å². The summed E-state index contributed by atoms with van der Waals surface area (Å²) in [7, 11) is 0. The van der Waals surface area contributed by atoms with Crippen molar-refractivity contribution in [3.05, 3.63) is 30.9 Å². The Labute approximate surface area is 168 Å². The molecule has 0 fully saturated rings. The van der Waals surface area contributed by atoms with Crippen molar-refractivity contribution in [2.45, 2.75) is 51.4 Å². The van der Waals surface area contributed by atoms with Crippen molar-refractivity contribution in [1.82, 2.24) is 24.3 Å². The third-order valence-electron chi connectivity index (χ3n) is 3.82. The van der Waals surface area contributed by atoms with Gasteiger partial charge in [-0.2, -0.15) is 0 Å². The molecular formula is C19H24N6O2S. The van der Waals surface area contributed by atoms with Crippen LogP contribution in [0.4, 0.5) is 10.6 Å². The monoisotopic (exact) mass is 400 g/mol. The predicted molar refractivity (Wildman–Crippen MR) is 110 cm³/mol. The van der Waals surface area contributed by atoms with Crippen molar-refractivity contribution in [2.75, 3.05) is 11.2 Å². The predicted octanol–water partition coefficient (Wildman–Crippen LogP) is 4.06. The maximum Gasteiger partial charge on any atom is 0.416 e. The molecule has 0 spiro atoms. The Morgan fingerprint density at radius 3 is 2.61 bits per heavy atom.